The van der Waals surface area contributed by atoms with Crippen molar-refractivity contribution in [3.8, 4) is 0 Å². The molecule has 108 valence electrons. The SMILES string of the molecule is CCS(=O)(=O)CCC1(CNC(C)(C)C)CCOC1. The summed E-state index contributed by atoms with van der Waals surface area (Å²) in [6.45, 7) is 10.3. The maximum Gasteiger partial charge on any atom is 0.150 e. The van der Waals surface area contributed by atoms with Gasteiger partial charge in [0.2, 0.25) is 0 Å². The van der Waals surface area contributed by atoms with E-state index in [9.17, 15) is 8.42 Å². The molecule has 0 aromatic heterocycles. The van der Waals surface area contributed by atoms with E-state index in [4.69, 9.17) is 4.74 Å². The monoisotopic (exact) mass is 277 g/mol. The summed E-state index contributed by atoms with van der Waals surface area (Å²) in [5, 5.41) is 3.48. The molecule has 5 heteroatoms. The number of hydrogen-bond acceptors (Lipinski definition) is 4. The first-order chi connectivity index (χ1) is 8.18. The number of rotatable bonds is 6. The molecular formula is C13H27NO3S. The predicted molar refractivity (Wildman–Crippen MR) is 74.6 cm³/mol. The molecular weight excluding hydrogens is 250 g/mol. The highest BCUT2D eigenvalue weighted by atomic mass is 32.2. The Balaban J connectivity index is 2.58. The van der Waals surface area contributed by atoms with Crippen LogP contribution in [0.4, 0.5) is 0 Å². The molecule has 18 heavy (non-hydrogen) atoms. The van der Waals surface area contributed by atoms with Crippen molar-refractivity contribution < 1.29 is 13.2 Å². The highest BCUT2D eigenvalue weighted by molar-refractivity contribution is 7.91. The lowest BCUT2D eigenvalue weighted by Gasteiger charge is -2.32. The number of ether oxygens (including phenoxy) is 1. The van der Waals surface area contributed by atoms with E-state index in [1.165, 1.54) is 0 Å². The highest BCUT2D eigenvalue weighted by Gasteiger charge is 2.36. The molecule has 1 aliphatic rings. The Bertz CT molecular complexity index is 351. The maximum atomic E-state index is 11.6. The summed E-state index contributed by atoms with van der Waals surface area (Å²) in [6.07, 6.45) is 1.65. The molecule has 0 amide bonds. The first kappa shape index (κ1) is 15.9. The largest absolute Gasteiger partial charge is 0.381 e. The van der Waals surface area contributed by atoms with Crippen molar-refractivity contribution in [3.05, 3.63) is 0 Å². The summed E-state index contributed by atoms with van der Waals surface area (Å²) in [5.41, 5.74) is 0.0503. The van der Waals surface area contributed by atoms with Gasteiger partial charge in [0.05, 0.1) is 12.4 Å². The van der Waals surface area contributed by atoms with Crippen molar-refractivity contribution in [2.24, 2.45) is 5.41 Å². The second kappa shape index (κ2) is 5.88. The maximum absolute atomic E-state index is 11.6. The van der Waals surface area contributed by atoms with E-state index in [1.54, 1.807) is 6.92 Å². The van der Waals surface area contributed by atoms with Gasteiger partial charge in [-0.1, -0.05) is 6.92 Å². The van der Waals surface area contributed by atoms with Crippen LogP contribution in [0.15, 0.2) is 0 Å². The fourth-order valence-electron chi connectivity index (χ4n) is 2.04. The van der Waals surface area contributed by atoms with E-state index in [0.29, 0.717) is 13.0 Å². The Labute approximate surface area is 111 Å². The van der Waals surface area contributed by atoms with Gasteiger partial charge in [0.15, 0.2) is 0 Å². The minimum absolute atomic E-state index is 0.00444. The molecule has 0 aromatic carbocycles. The summed E-state index contributed by atoms with van der Waals surface area (Å²) in [4.78, 5) is 0. The molecule has 1 atom stereocenters. The van der Waals surface area contributed by atoms with Crippen LogP contribution in [0.25, 0.3) is 0 Å². The third-order valence-electron chi connectivity index (χ3n) is 3.56. The zero-order chi connectivity index (χ0) is 13.9. The predicted octanol–water partition coefficient (Wildman–Crippen LogP) is 1.61. The average molecular weight is 277 g/mol. The van der Waals surface area contributed by atoms with Gasteiger partial charge in [0.25, 0.3) is 0 Å². The fourth-order valence-corrected chi connectivity index (χ4v) is 3.08. The molecule has 1 unspecified atom stereocenters. The molecule has 1 saturated heterocycles. The first-order valence-electron chi connectivity index (χ1n) is 6.71. The minimum Gasteiger partial charge on any atom is -0.381 e. The van der Waals surface area contributed by atoms with E-state index in [-0.39, 0.29) is 22.5 Å². The van der Waals surface area contributed by atoms with Gasteiger partial charge in [-0.25, -0.2) is 8.42 Å². The molecule has 0 spiro atoms. The molecule has 1 rings (SSSR count). The van der Waals surface area contributed by atoms with Crippen LogP contribution in [-0.2, 0) is 14.6 Å². The number of hydrogen-bond donors (Lipinski definition) is 1. The zero-order valence-electron chi connectivity index (χ0n) is 12.1. The van der Waals surface area contributed by atoms with Crippen LogP contribution in [0.3, 0.4) is 0 Å². The van der Waals surface area contributed by atoms with Crippen LogP contribution in [0.1, 0.15) is 40.5 Å². The zero-order valence-corrected chi connectivity index (χ0v) is 12.9. The molecule has 0 bridgehead atoms. The summed E-state index contributed by atoms with van der Waals surface area (Å²) in [6, 6.07) is 0. The summed E-state index contributed by atoms with van der Waals surface area (Å²) < 4.78 is 28.8. The summed E-state index contributed by atoms with van der Waals surface area (Å²) in [7, 11) is -2.88. The van der Waals surface area contributed by atoms with Gasteiger partial charge in [-0.2, -0.15) is 0 Å². The highest BCUT2D eigenvalue weighted by Crippen LogP contribution is 2.32. The smallest absolute Gasteiger partial charge is 0.150 e. The van der Waals surface area contributed by atoms with Gasteiger partial charge in [-0.15, -0.1) is 0 Å². The van der Waals surface area contributed by atoms with Crippen LogP contribution in [0.2, 0.25) is 0 Å². The van der Waals surface area contributed by atoms with Gasteiger partial charge in [-0.3, -0.25) is 0 Å². The molecule has 1 aliphatic heterocycles. The third-order valence-corrected chi connectivity index (χ3v) is 5.27. The lowest BCUT2D eigenvalue weighted by atomic mass is 9.83. The Morgan fingerprint density at radius 3 is 2.44 bits per heavy atom. The van der Waals surface area contributed by atoms with Gasteiger partial charge >= 0.3 is 0 Å². The molecule has 0 saturated carbocycles. The molecule has 0 aliphatic carbocycles. The summed E-state index contributed by atoms with van der Waals surface area (Å²) in [5.74, 6) is 0.509. The van der Waals surface area contributed by atoms with E-state index >= 15 is 0 Å². The third kappa shape index (κ3) is 5.24. The molecule has 0 radical (unpaired) electrons. The van der Waals surface area contributed by atoms with Gasteiger partial charge in [0.1, 0.15) is 9.84 Å². The second-order valence-corrected chi connectivity index (χ2v) is 8.87. The average Bonchev–Trinajstić information content (AvgIpc) is 2.73. The number of nitrogens with one attached hydrogen (secondary N) is 1. The Morgan fingerprint density at radius 1 is 1.33 bits per heavy atom. The van der Waals surface area contributed by atoms with Crippen molar-refractivity contribution >= 4 is 9.84 Å². The molecule has 1 N–H and O–H groups in total. The first-order valence-corrected chi connectivity index (χ1v) is 8.53. The second-order valence-electron chi connectivity index (χ2n) is 6.39. The van der Waals surface area contributed by atoms with E-state index in [1.807, 2.05) is 0 Å². The van der Waals surface area contributed by atoms with Crippen LogP contribution in [0, 0.1) is 5.41 Å². The van der Waals surface area contributed by atoms with Crippen molar-refractivity contribution in [2.75, 3.05) is 31.3 Å². The lowest BCUT2D eigenvalue weighted by molar-refractivity contribution is 0.142. The fraction of sp³-hybridized carbons (Fsp3) is 1.00. The Kier molecular flexibility index (Phi) is 5.21. The molecule has 0 aromatic rings. The lowest BCUT2D eigenvalue weighted by Crippen LogP contribution is -2.45. The van der Waals surface area contributed by atoms with Gasteiger partial charge in [-0.05, 0) is 33.6 Å². The van der Waals surface area contributed by atoms with Crippen LogP contribution >= 0.6 is 0 Å². The van der Waals surface area contributed by atoms with Crippen LogP contribution in [0.5, 0.6) is 0 Å². The van der Waals surface area contributed by atoms with Gasteiger partial charge in [0, 0.05) is 29.9 Å². The quantitative estimate of drug-likeness (QED) is 0.801. The van der Waals surface area contributed by atoms with Crippen LogP contribution < -0.4 is 5.32 Å². The summed E-state index contributed by atoms with van der Waals surface area (Å²) >= 11 is 0. The van der Waals surface area contributed by atoms with Crippen molar-refractivity contribution in [3.63, 3.8) is 0 Å². The molecule has 4 nitrogen and oxygen atoms in total. The van der Waals surface area contributed by atoms with Gasteiger partial charge < -0.3 is 10.1 Å². The Morgan fingerprint density at radius 2 is 2.00 bits per heavy atom. The molecule has 1 heterocycles. The van der Waals surface area contributed by atoms with Crippen LogP contribution in [-0.4, -0.2) is 45.2 Å². The normalized spacial score (nSPS) is 25.6. The van der Waals surface area contributed by atoms with E-state index in [2.05, 4.69) is 26.1 Å². The van der Waals surface area contributed by atoms with Crippen molar-refractivity contribution in [2.45, 2.75) is 46.1 Å². The van der Waals surface area contributed by atoms with Crippen molar-refractivity contribution in [1.29, 1.82) is 0 Å². The standard InChI is InChI=1S/C13H27NO3S/c1-5-18(15,16)9-7-13(6-8-17-11-13)10-14-12(2,3)4/h14H,5-11H2,1-4H3. The van der Waals surface area contributed by atoms with E-state index < -0.39 is 9.84 Å². The topological polar surface area (TPSA) is 55.4 Å². The minimum atomic E-state index is -2.88. The Hall–Kier alpha value is -0.130. The van der Waals surface area contributed by atoms with Crippen molar-refractivity contribution in [1.82, 2.24) is 5.32 Å². The molecule has 1 fully saturated rings. The number of sulfone groups is 1. The van der Waals surface area contributed by atoms with E-state index in [0.717, 1.165) is 19.6 Å².